The Balaban J connectivity index is 2.24. The van der Waals surface area contributed by atoms with Crippen molar-refractivity contribution < 1.29 is 18.0 Å². The van der Waals surface area contributed by atoms with Crippen molar-refractivity contribution in [3.05, 3.63) is 49.6 Å². The molecule has 8 heteroatoms. The van der Waals surface area contributed by atoms with Crippen molar-refractivity contribution >= 4 is 50.5 Å². The zero-order valence-corrected chi connectivity index (χ0v) is 12.8. The van der Waals surface area contributed by atoms with Crippen LogP contribution in [-0.2, 0) is 6.18 Å². The molecule has 0 saturated carbocycles. The Kier molecular flexibility index (Phi) is 4.41. The van der Waals surface area contributed by atoms with E-state index in [2.05, 4.69) is 21.2 Å². The van der Waals surface area contributed by atoms with Gasteiger partial charge < -0.3 is 5.32 Å². The number of rotatable bonds is 2. The summed E-state index contributed by atoms with van der Waals surface area (Å²) in [6.07, 6.45) is -4.57. The zero-order chi connectivity index (χ0) is 14.9. The van der Waals surface area contributed by atoms with Crippen LogP contribution in [0, 0.1) is 0 Å². The fourth-order valence-electron chi connectivity index (χ4n) is 1.45. The van der Waals surface area contributed by atoms with Crippen molar-refractivity contribution in [2.75, 3.05) is 5.32 Å². The number of halogens is 5. The highest BCUT2D eigenvalue weighted by molar-refractivity contribution is 9.11. The molecular weight excluding hydrogens is 379 g/mol. The summed E-state index contributed by atoms with van der Waals surface area (Å²) < 4.78 is 38.8. The number of carbonyl (C=O) groups excluding carboxylic acids is 1. The number of nitrogens with one attached hydrogen (secondary N) is 1. The van der Waals surface area contributed by atoms with Crippen LogP contribution in [0.3, 0.4) is 0 Å². The van der Waals surface area contributed by atoms with Crippen molar-refractivity contribution in [3.63, 3.8) is 0 Å². The number of carbonyl (C=O) groups is 1. The maximum absolute atomic E-state index is 12.7. The second-order valence-electron chi connectivity index (χ2n) is 3.79. The number of benzene rings is 1. The molecule has 1 amide bonds. The Bertz CT molecular complexity index is 656. The molecule has 2 aromatic rings. The van der Waals surface area contributed by atoms with Crippen LogP contribution in [0.15, 0.2) is 33.4 Å². The molecule has 0 radical (unpaired) electrons. The number of hydrogen-bond acceptors (Lipinski definition) is 2. The fraction of sp³-hybridized carbons (Fsp3) is 0.0833. The Morgan fingerprint density at radius 1 is 1.30 bits per heavy atom. The van der Waals surface area contributed by atoms with Crippen LogP contribution in [0.4, 0.5) is 18.9 Å². The molecule has 0 fully saturated rings. The molecule has 0 aliphatic carbocycles. The molecule has 2 nitrogen and oxygen atoms in total. The largest absolute Gasteiger partial charge is 0.417 e. The van der Waals surface area contributed by atoms with E-state index < -0.39 is 22.7 Å². The van der Waals surface area contributed by atoms with Gasteiger partial charge in [0.05, 0.1) is 19.9 Å². The third kappa shape index (κ3) is 3.53. The van der Waals surface area contributed by atoms with Gasteiger partial charge in [-0.3, -0.25) is 4.79 Å². The summed E-state index contributed by atoms with van der Waals surface area (Å²) in [4.78, 5) is 11.8. The molecule has 20 heavy (non-hydrogen) atoms. The summed E-state index contributed by atoms with van der Waals surface area (Å²) in [5.74, 6) is -0.484. The third-order valence-corrected chi connectivity index (χ3v) is 4.19. The molecule has 0 bridgehead atoms. The van der Waals surface area contributed by atoms with Gasteiger partial charge in [0.1, 0.15) is 0 Å². The lowest BCUT2D eigenvalue weighted by atomic mass is 10.2. The summed E-state index contributed by atoms with van der Waals surface area (Å²) in [6, 6.07) is 4.81. The summed E-state index contributed by atoms with van der Waals surface area (Å²) >= 11 is 10.0. The second kappa shape index (κ2) is 5.75. The van der Waals surface area contributed by atoms with E-state index in [9.17, 15) is 18.0 Å². The van der Waals surface area contributed by atoms with Gasteiger partial charge in [-0.25, -0.2) is 0 Å². The van der Waals surface area contributed by atoms with Gasteiger partial charge in [-0.05, 0) is 40.2 Å². The van der Waals surface area contributed by atoms with Gasteiger partial charge in [-0.15, -0.1) is 11.3 Å². The van der Waals surface area contributed by atoms with E-state index >= 15 is 0 Å². The van der Waals surface area contributed by atoms with E-state index in [4.69, 9.17) is 11.6 Å². The van der Waals surface area contributed by atoms with Gasteiger partial charge in [0.15, 0.2) is 0 Å². The molecule has 1 N–H and O–H groups in total. The molecule has 0 atom stereocenters. The first kappa shape index (κ1) is 15.3. The Morgan fingerprint density at radius 3 is 2.55 bits per heavy atom. The highest BCUT2D eigenvalue weighted by atomic mass is 79.9. The van der Waals surface area contributed by atoms with Crippen LogP contribution in [0.1, 0.15) is 15.9 Å². The number of alkyl halides is 3. The fourth-order valence-corrected chi connectivity index (χ4v) is 2.81. The van der Waals surface area contributed by atoms with Gasteiger partial charge in [0.2, 0.25) is 0 Å². The Labute approximate surface area is 129 Å². The van der Waals surface area contributed by atoms with Crippen molar-refractivity contribution in [2.24, 2.45) is 0 Å². The Hall–Kier alpha value is -1.05. The minimum atomic E-state index is -4.57. The van der Waals surface area contributed by atoms with E-state index in [1.807, 2.05) is 0 Å². The third-order valence-electron chi connectivity index (χ3n) is 2.36. The molecular formula is C12H6BrClF3NOS. The molecule has 1 heterocycles. The lowest BCUT2D eigenvalue weighted by Crippen LogP contribution is -2.12. The second-order valence-corrected chi connectivity index (χ2v) is 6.48. The van der Waals surface area contributed by atoms with Gasteiger partial charge in [-0.2, -0.15) is 13.2 Å². The summed E-state index contributed by atoms with van der Waals surface area (Å²) in [7, 11) is 0. The molecule has 0 spiro atoms. The van der Waals surface area contributed by atoms with E-state index in [0.29, 0.717) is 5.56 Å². The quantitative estimate of drug-likeness (QED) is 0.734. The van der Waals surface area contributed by atoms with Gasteiger partial charge in [0.25, 0.3) is 5.91 Å². The van der Waals surface area contributed by atoms with E-state index in [0.717, 1.165) is 15.9 Å². The number of anilines is 1. The normalized spacial score (nSPS) is 11.4. The standard InChI is InChI=1S/C12H6BrClF3NOS/c13-10-3-6(5-20-10)11(19)18-7-1-2-9(14)8(4-7)12(15,16)17/h1-5H,(H,18,19). The van der Waals surface area contributed by atoms with Gasteiger partial charge in [0, 0.05) is 11.1 Å². The molecule has 1 aromatic heterocycles. The first-order chi connectivity index (χ1) is 9.27. The van der Waals surface area contributed by atoms with Gasteiger partial charge >= 0.3 is 6.18 Å². The maximum Gasteiger partial charge on any atom is 0.417 e. The van der Waals surface area contributed by atoms with Crippen molar-refractivity contribution in [1.82, 2.24) is 0 Å². The number of thiophene rings is 1. The Morgan fingerprint density at radius 2 is 2.00 bits per heavy atom. The first-order valence-corrected chi connectivity index (χ1v) is 7.24. The predicted molar refractivity (Wildman–Crippen MR) is 76.4 cm³/mol. The summed E-state index contributed by atoms with van der Waals surface area (Å²) in [5, 5.41) is 3.59. The first-order valence-electron chi connectivity index (χ1n) is 5.19. The van der Waals surface area contributed by atoms with E-state index in [1.54, 1.807) is 11.4 Å². The van der Waals surface area contributed by atoms with Gasteiger partial charge in [-0.1, -0.05) is 11.6 Å². The topological polar surface area (TPSA) is 29.1 Å². The van der Waals surface area contributed by atoms with Crippen LogP contribution < -0.4 is 5.32 Å². The molecule has 0 aliphatic rings. The maximum atomic E-state index is 12.7. The average Bonchev–Trinajstić information content (AvgIpc) is 2.77. The highest BCUT2D eigenvalue weighted by Gasteiger charge is 2.33. The molecule has 0 unspecified atom stereocenters. The summed E-state index contributed by atoms with van der Waals surface area (Å²) in [6.45, 7) is 0. The van der Waals surface area contributed by atoms with Crippen molar-refractivity contribution in [3.8, 4) is 0 Å². The number of hydrogen-bond donors (Lipinski definition) is 1. The average molecular weight is 385 g/mol. The highest BCUT2D eigenvalue weighted by Crippen LogP contribution is 2.36. The minimum absolute atomic E-state index is 0.0362. The lowest BCUT2D eigenvalue weighted by Gasteiger charge is -2.11. The summed E-state index contributed by atoms with van der Waals surface area (Å²) in [5.41, 5.74) is -0.581. The van der Waals surface area contributed by atoms with Crippen LogP contribution in [0.25, 0.3) is 0 Å². The number of amides is 1. The van der Waals surface area contributed by atoms with E-state index in [-0.39, 0.29) is 5.69 Å². The lowest BCUT2D eigenvalue weighted by molar-refractivity contribution is -0.137. The molecule has 1 aromatic carbocycles. The van der Waals surface area contributed by atoms with E-state index in [1.165, 1.54) is 17.4 Å². The zero-order valence-electron chi connectivity index (χ0n) is 9.59. The monoisotopic (exact) mass is 383 g/mol. The van der Waals surface area contributed by atoms with Crippen LogP contribution in [-0.4, -0.2) is 5.91 Å². The van der Waals surface area contributed by atoms with Crippen molar-refractivity contribution in [1.29, 1.82) is 0 Å². The van der Waals surface area contributed by atoms with Crippen LogP contribution >= 0.6 is 38.9 Å². The van der Waals surface area contributed by atoms with Crippen LogP contribution in [0.5, 0.6) is 0 Å². The smallest absolute Gasteiger partial charge is 0.322 e. The molecule has 106 valence electrons. The molecule has 2 rings (SSSR count). The van der Waals surface area contributed by atoms with Crippen molar-refractivity contribution in [2.45, 2.75) is 6.18 Å². The minimum Gasteiger partial charge on any atom is -0.322 e. The SMILES string of the molecule is O=C(Nc1ccc(Cl)c(C(F)(F)F)c1)c1csc(Br)c1. The molecule has 0 saturated heterocycles. The molecule has 0 aliphatic heterocycles. The van der Waals surface area contributed by atoms with Crippen LogP contribution in [0.2, 0.25) is 5.02 Å². The predicted octanol–water partition coefficient (Wildman–Crippen LogP) is 5.44.